The minimum Gasteiger partial charge on any atom is -0.511 e. The number of phenolic OH excluding ortho intramolecular Hbond substituents is 1. The van der Waals surface area contributed by atoms with Crippen molar-refractivity contribution in [3.63, 3.8) is 0 Å². The van der Waals surface area contributed by atoms with E-state index in [1.54, 1.807) is 0 Å². The van der Waals surface area contributed by atoms with Gasteiger partial charge in [-0.15, -0.1) is 0 Å². The van der Waals surface area contributed by atoms with Gasteiger partial charge in [0.05, 0.1) is 22.5 Å². The van der Waals surface area contributed by atoms with Crippen LogP contribution in [0.5, 0.6) is 5.75 Å². The van der Waals surface area contributed by atoms with Crippen LogP contribution >= 0.6 is 0 Å². The van der Waals surface area contributed by atoms with E-state index < -0.39 is 70.7 Å². The molecule has 0 bridgehead atoms. The van der Waals surface area contributed by atoms with E-state index in [-0.39, 0.29) is 0 Å². The normalized spacial score (nSPS) is 17.4. The number of Topliss-reactive ketones (excluding diaryl/α,β-unsaturated/α-hetero) is 1. The lowest BCUT2D eigenvalue weighted by Crippen LogP contribution is -2.42. The van der Waals surface area contributed by atoms with Gasteiger partial charge in [0.1, 0.15) is 16.4 Å². The number of hydrogen-bond acceptors (Lipinski definition) is 9. The van der Waals surface area contributed by atoms with Crippen molar-refractivity contribution in [3.8, 4) is 5.75 Å². The number of phenols is 1. The van der Waals surface area contributed by atoms with Crippen molar-refractivity contribution >= 4 is 26.0 Å². The van der Waals surface area contributed by atoms with Crippen LogP contribution < -0.4 is 0 Å². The molecular weight excluding hydrogens is 420 g/mol. The predicted molar refractivity (Wildman–Crippen MR) is 92.9 cm³/mol. The molecule has 0 unspecified atom stereocenters. The topological polar surface area (TPSA) is 185 Å². The van der Waals surface area contributed by atoms with Gasteiger partial charge in [0.15, 0.2) is 5.78 Å². The third-order valence-corrected chi connectivity index (χ3v) is 5.89. The first-order valence-corrected chi connectivity index (χ1v) is 10.2. The minimum absolute atomic E-state index is 0.586. The summed E-state index contributed by atoms with van der Waals surface area (Å²) in [5, 5.41) is 20.1. The van der Waals surface area contributed by atoms with Crippen molar-refractivity contribution < 1.29 is 50.4 Å². The highest BCUT2D eigenvalue weighted by atomic mass is 32.2. The molecule has 0 aliphatic heterocycles. The Morgan fingerprint density at radius 3 is 2.07 bits per heavy atom. The summed E-state index contributed by atoms with van der Waals surface area (Å²) < 4.78 is 74.4. The first kappa shape index (κ1) is 22.0. The molecule has 4 N–H and O–H groups in total. The molecule has 11 nitrogen and oxygen atoms in total. The Morgan fingerprint density at radius 2 is 1.61 bits per heavy atom. The molecule has 0 amide bonds. The number of methoxy groups -OCH3 is 2. The number of carbonyl (C=O) groups is 1. The van der Waals surface area contributed by atoms with Crippen molar-refractivity contribution in [1.82, 2.24) is 0 Å². The number of ketones is 1. The summed E-state index contributed by atoms with van der Waals surface area (Å²) in [6, 6.07) is 2.29. The zero-order valence-corrected chi connectivity index (χ0v) is 16.1. The van der Waals surface area contributed by atoms with E-state index in [1.807, 2.05) is 0 Å². The van der Waals surface area contributed by atoms with Gasteiger partial charge in [-0.3, -0.25) is 13.9 Å². The van der Waals surface area contributed by atoms with E-state index in [4.69, 9.17) is 14.0 Å². The molecule has 0 atom stereocenters. The second-order valence-corrected chi connectivity index (χ2v) is 8.48. The molecule has 28 heavy (non-hydrogen) atoms. The van der Waals surface area contributed by atoms with Gasteiger partial charge < -0.3 is 19.7 Å². The van der Waals surface area contributed by atoms with Gasteiger partial charge in [0.25, 0.3) is 20.2 Å². The van der Waals surface area contributed by atoms with Crippen LogP contribution in [0.2, 0.25) is 0 Å². The molecule has 13 heteroatoms. The van der Waals surface area contributed by atoms with Gasteiger partial charge in [-0.05, 0) is 24.3 Å². The van der Waals surface area contributed by atoms with Crippen molar-refractivity contribution in [2.45, 2.75) is 17.1 Å². The summed E-state index contributed by atoms with van der Waals surface area (Å²) in [4.78, 5) is 11.1. The van der Waals surface area contributed by atoms with E-state index in [1.165, 1.54) is 0 Å². The van der Waals surface area contributed by atoms with E-state index in [0.29, 0.717) is 12.1 Å². The average molecular weight is 436 g/mol. The largest absolute Gasteiger partial charge is 0.511 e. The fourth-order valence-corrected chi connectivity index (χ4v) is 4.03. The van der Waals surface area contributed by atoms with Crippen LogP contribution in [-0.2, 0) is 29.7 Å². The second-order valence-electron chi connectivity index (χ2n) is 5.67. The smallest absolute Gasteiger partial charge is 0.296 e. The fraction of sp³-hybridized carbons (Fsp3) is 0.267. The second kappa shape index (κ2) is 7.27. The Morgan fingerprint density at radius 1 is 1.04 bits per heavy atom. The molecule has 0 heterocycles. The number of benzene rings is 1. The zero-order valence-electron chi connectivity index (χ0n) is 14.5. The highest BCUT2D eigenvalue weighted by Gasteiger charge is 2.46. The molecule has 0 saturated carbocycles. The molecule has 1 aliphatic carbocycles. The SMILES string of the molecule is COC1(OC)CC(O)=C(C(=O)c2cc(S(=O)(=O)O)ccc2O)C=C1S(=O)(=O)O. The number of carbonyl (C=O) groups excluding carboxylic acids is 1. The number of aliphatic hydroxyl groups excluding tert-OH is 1. The molecule has 1 aromatic carbocycles. The van der Waals surface area contributed by atoms with E-state index in [2.05, 4.69) is 0 Å². The summed E-state index contributed by atoms with van der Waals surface area (Å²) in [5.41, 5.74) is -1.31. The Labute approximate surface area is 160 Å². The lowest BCUT2D eigenvalue weighted by Gasteiger charge is -2.34. The summed E-state index contributed by atoms with van der Waals surface area (Å²) in [5.74, 6) is -4.70. The summed E-state index contributed by atoms with van der Waals surface area (Å²) >= 11 is 0. The molecular formula is C15H16O11S2. The minimum atomic E-state index is -4.96. The molecule has 0 spiro atoms. The van der Waals surface area contributed by atoms with Crippen LogP contribution in [-0.4, -0.2) is 61.9 Å². The lowest BCUT2D eigenvalue weighted by molar-refractivity contribution is -0.177. The van der Waals surface area contributed by atoms with E-state index in [9.17, 15) is 36.4 Å². The summed E-state index contributed by atoms with van der Waals surface area (Å²) in [7, 11) is -7.58. The molecule has 0 aromatic heterocycles. The Bertz CT molecular complexity index is 1090. The van der Waals surface area contributed by atoms with E-state index >= 15 is 0 Å². The van der Waals surface area contributed by atoms with Gasteiger partial charge in [-0.25, -0.2) is 0 Å². The first-order valence-electron chi connectivity index (χ1n) is 7.34. The average Bonchev–Trinajstić information content (AvgIpc) is 2.59. The third kappa shape index (κ3) is 3.94. The predicted octanol–water partition coefficient (Wildman–Crippen LogP) is 0.798. The van der Waals surface area contributed by atoms with Crippen LogP contribution in [0.25, 0.3) is 0 Å². The monoisotopic (exact) mass is 436 g/mol. The number of rotatable bonds is 6. The Balaban J connectivity index is 2.69. The molecule has 0 radical (unpaired) electrons. The van der Waals surface area contributed by atoms with Crippen molar-refractivity contribution in [3.05, 3.63) is 46.1 Å². The number of allylic oxidation sites excluding steroid dienone is 2. The van der Waals surface area contributed by atoms with Crippen LogP contribution in [0.15, 0.2) is 45.4 Å². The van der Waals surface area contributed by atoms with Crippen LogP contribution in [0.1, 0.15) is 16.8 Å². The highest BCUT2D eigenvalue weighted by molar-refractivity contribution is 7.89. The van der Waals surface area contributed by atoms with Crippen LogP contribution in [0.3, 0.4) is 0 Å². The number of ether oxygens (including phenoxy) is 2. The van der Waals surface area contributed by atoms with Gasteiger partial charge in [-0.1, -0.05) is 0 Å². The first-order chi connectivity index (χ1) is 12.8. The van der Waals surface area contributed by atoms with Gasteiger partial charge in [0.2, 0.25) is 5.79 Å². The molecule has 0 saturated heterocycles. The Kier molecular flexibility index (Phi) is 5.71. The zero-order chi connectivity index (χ0) is 21.5. The maximum atomic E-state index is 12.7. The third-order valence-electron chi connectivity index (χ3n) is 4.05. The molecule has 1 aromatic rings. The lowest BCUT2D eigenvalue weighted by atomic mass is 9.93. The van der Waals surface area contributed by atoms with Crippen molar-refractivity contribution in [2.24, 2.45) is 0 Å². The molecule has 2 rings (SSSR count). The Hall–Kier alpha value is -2.29. The molecule has 0 fully saturated rings. The molecule has 154 valence electrons. The number of hydrogen-bond donors (Lipinski definition) is 4. The van der Waals surface area contributed by atoms with Crippen molar-refractivity contribution in [2.75, 3.05) is 14.2 Å². The fourth-order valence-electron chi connectivity index (χ4n) is 2.63. The highest BCUT2D eigenvalue weighted by Crippen LogP contribution is 2.39. The summed E-state index contributed by atoms with van der Waals surface area (Å²) in [6.07, 6.45) is -0.103. The van der Waals surface area contributed by atoms with Crippen LogP contribution in [0, 0.1) is 0 Å². The van der Waals surface area contributed by atoms with E-state index in [0.717, 1.165) is 26.4 Å². The molecule has 1 aliphatic rings. The quantitative estimate of drug-likeness (QED) is 0.281. The van der Waals surface area contributed by atoms with Crippen LogP contribution in [0.4, 0.5) is 0 Å². The maximum Gasteiger partial charge on any atom is 0.296 e. The standard InChI is InChI=1S/C15H16O11S2/c1-25-15(26-2)7-12(17)10(6-13(15)28(22,23)24)14(18)9-5-8(27(19,20)21)3-4-11(9)16/h3-6,16-17H,7H2,1-2H3,(H,19,20,21)(H,22,23,24). The van der Waals surface area contributed by atoms with Gasteiger partial charge in [0, 0.05) is 14.2 Å². The number of aliphatic hydroxyl groups is 1. The van der Waals surface area contributed by atoms with Gasteiger partial charge >= 0.3 is 0 Å². The van der Waals surface area contributed by atoms with Gasteiger partial charge in [-0.2, -0.15) is 16.8 Å². The van der Waals surface area contributed by atoms with Crippen molar-refractivity contribution in [1.29, 1.82) is 0 Å². The number of aromatic hydroxyl groups is 1. The maximum absolute atomic E-state index is 12.7. The summed E-state index contributed by atoms with van der Waals surface area (Å²) in [6.45, 7) is 0.